The fourth-order valence-corrected chi connectivity index (χ4v) is 0.142. The summed E-state index contributed by atoms with van der Waals surface area (Å²) in [5.41, 5.74) is 26.5. The van der Waals surface area contributed by atoms with Crippen molar-refractivity contribution in [3.8, 4) is 0 Å². The molecule has 0 saturated heterocycles. The second kappa shape index (κ2) is 23.1. The summed E-state index contributed by atoms with van der Waals surface area (Å²) in [6.07, 6.45) is -0.711. The zero-order valence-electron chi connectivity index (χ0n) is 6.50. The molecule has 0 aromatic carbocycles. The van der Waals surface area contributed by atoms with E-state index in [1.807, 2.05) is 9.82 Å². The van der Waals surface area contributed by atoms with Gasteiger partial charge in [0.05, 0.1) is 6.61 Å². The number of hydrogen-bond donors (Lipinski definition) is 5. The van der Waals surface area contributed by atoms with Gasteiger partial charge in [0.25, 0.3) is 0 Å². The minimum Gasteiger partial charge on any atom is -0.450 e. The third kappa shape index (κ3) is 473. The number of nitrogens with one attached hydrogen (secondary N) is 4. The SMILES string of the molecule is CCOC(N)=O.N=[N+]=N.N=[N+]=N. The van der Waals surface area contributed by atoms with Crippen molar-refractivity contribution in [3.05, 3.63) is 0 Å². The van der Waals surface area contributed by atoms with E-state index in [4.69, 9.17) is 22.1 Å². The average Bonchev–Trinajstić information content (AvgIpc) is 1.89. The molecular weight excluding hydrogens is 166 g/mol. The van der Waals surface area contributed by atoms with E-state index < -0.39 is 6.09 Å². The van der Waals surface area contributed by atoms with Crippen molar-refractivity contribution in [1.82, 2.24) is 9.82 Å². The minimum atomic E-state index is -0.711. The highest BCUT2D eigenvalue weighted by atomic mass is 16.5. The van der Waals surface area contributed by atoms with Crippen molar-refractivity contribution in [2.75, 3.05) is 6.61 Å². The number of carbonyl (C=O) groups excluding carboxylic acids is 1. The topological polar surface area (TPSA) is 176 Å². The summed E-state index contributed by atoms with van der Waals surface area (Å²) in [6, 6.07) is 0. The Morgan fingerprint density at radius 1 is 1.33 bits per heavy atom. The van der Waals surface area contributed by atoms with Crippen LogP contribution in [0.5, 0.6) is 0 Å². The summed E-state index contributed by atoms with van der Waals surface area (Å²) in [5.74, 6) is 0. The van der Waals surface area contributed by atoms with Gasteiger partial charge in [-0.15, -0.1) is 0 Å². The Labute approximate surface area is 67.9 Å². The normalized spacial score (nSPS) is 5.08. The molecule has 0 atom stereocenters. The standard InChI is InChI=1S/C3H7NO2.2H2N3/c1-2-6-3(4)5;2*1-3-2/h2H2,1H3,(H2,4,5);2*1-2H/q;2*+1. The van der Waals surface area contributed by atoms with Crippen molar-refractivity contribution in [2.24, 2.45) is 5.73 Å². The van der Waals surface area contributed by atoms with Gasteiger partial charge < -0.3 is 10.5 Å². The van der Waals surface area contributed by atoms with Crippen molar-refractivity contribution in [3.63, 3.8) is 0 Å². The van der Waals surface area contributed by atoms with Crippen LogP contribution in [0.2, 0.25) is 0 Å². The highest BCUT2D eigenvalue weighted by Gasteiger charge is 1.82. The first kappa shape index (κ1) is 16.5. The highest BCUT2D eigenvalue weighted by Crippen LogP contribution is 1.66. The molecule has 0 rings (SSSR count). The van der Waals surface area contributed by atoms with Crippen molar-refractivity contribution in [2.45, 2.75) is 6.92 Å². The molecule has 0 aromatic heterocycles. The lowest BCUT2D eigenvalue weighted by Gasteiger charge is -1.89. The maximum Gasteiger partial charge on any atom is 0.404 e. The fraction of sp³-hybridized carbons (Fsp3) is 0.667. The van der Waals surface area contributed by atoms with Gasteiger partial charge in [-0.25, -0.2) is 4.79 Å². The number of carbonyl (C=O) groups is 1. The van der Waals surface area contributed by atoms with E-state index in [2.05, 4.69) is 10.5 Å². The molecule has 0 fully saturated rings. The molecule has 0 spiro atoms. The second-order valence-corrected chi connectivity index (χ2v) is 0.976. The van der Waals surface area contributed by atoms with Gasteiger partial charge in [0.1, 0.15) is 22.1 Å². The molecule has 0 aliphatic heterocycles. The Bertz CT molecular complexity index is 153. The summed E-state index contributed by atoms with van der Waals surface area (Å²) >= 11 is 0. The van der Waals surface area contributed by atoms with E-state index in [0.717, 1.165) is 0 Å². The molecule has 0 saturated carbocycles. The van der Waals surface area contributed by atoms with Crippen LogP contribution in [0.4, 0.5) is 4.79 Å². The molecule has 0 unspecified atom stereocenters. The van der Waals surface area contributed by atoms with Crippen LogP contribution in [0.25, 0.3) is 0 Å². The number of rotatable bonds is 1. The summed E-state index contributed by atoms with van der Waals surface area (Å²) < 4.78 is 4.18. The maximum atomic E-state index is 9.60. The lowest BCUT2D eigenvalue weighted by Crippen LogP contribution is -2.11. The third-order valence-corrected chi connectivity index (χ3v) is 0.287. The molecule has 1 amide bonds. The van der Waals surface area contributed by atoms with E-state index in [0.29, 0.717) is 6.61 Å². The zero-order valence-corrected chi connectivity index (χ0v) is 6.50. The smallest absolute Gasteiger partial charge is 0.404 e. The van der Waals surface area contributed by atoms with E-state index in [-0.39, 0.29) is 0 Å². The van der Waals surface area contributed by atoms with Crippen LogP contribution in [0.3, 0.4) is 0 Å². The molecule has 0 aliphatic carbocycles. The summed E-state index contributed by atoms with van der Waals surface area (Å²) in [6.45, 7) is 2.06. The zero-order chi connectivity index (χ0) is 10.4. The Hall–Kier alpha value is -2.11. The van der Waals surface area contributed by atoms with Crippen LogP contribution in [0, 0.1) is 22.1 Å². The van der Waals surface area contributed by atoms with E-state index >= 15 is 0 Å². The predicted molar refractivity (Wildman–Crippen MR) is 36.4 cm³/mol. The van der Waals surface area contributed by atoms with Crippen LogP contribution in [-0.4, -0.2) is 12.7 Å². The molecule has 0 radical (unpaired) electrons. The predicted octanol–water partition coefficient (Wildman–Crippen LogP) is 0.333. The number of nitrogens with two attached hydrogens (primary N) is 1. The van der Waals surface area contributed by atoms with Crippen LogP contribution < -0.4 is 15.6 Å². The van der Waals surface area contributed by atoms with Gasteiger partial charge in [-0.1, -0.05) is 0 Å². The van der Waals surface area contributed by atoms with Gasteiger partial charge in [-0.05, 0) is 6.92 Å². The average molecular weight is 177 g/mol. The van der Waals surface area contributed by atoms with E-state index in [1.54, 1.807) is 6.92 Å². The number of hydrogen-bond acceptors (Lipinski definition) is 6. The van der Waals surface area contributed by atoms with Crippen molar-refractivity contribution in [1.29, 1.82) is 22.1 Å². The Morgan fingerprint density at radius 2 is 1.58 bits per heavy atom. The molecule has 0 heterocycles. The number of primary amides is 1. The van der Waals surface area contributed by atoms with E-state index in [1.165, 1.54) is 0 Å². The Kier molecular flexibility index (Phi) is 31.8. The molecule has 9 heteroatoms. The number of ether oxygens (including phenoxy) is 1. The van der Waals surface area contributed by atoms with Gasteiger partial charge in [-0.2, -0.15) is 0 Å². The number of nitrogens with zero attached hydrogens (tertiary/aromatic N) is 2. The summed E-state index contributed by atoms with van der Waals surface area (Å²) in [4.78, 5) is 13.6. The van der Waals surface area contributed by atoms with Crippen LogP contribution >= 0.6 is 0 Å². The minimum absolute atomic E-state index is 0.356. The second-order valence-electron chi connectivity index (χ2n) is 0.976. The first-order valence-corrected chi connectivity index (χ1v) is 2.59. The molecule has 9 nitrogen and oxygen atoms in total. The maximum absolute atomic E-state index is 9.60. The molecule has 6 N–H and O–H groups in total. The third-order valence-electron chi connectivity index (χ3n) is 0.287. The Balaban J connectivity index is -0.000000115. The van der Waals surface area contributed by atoms with Gasteiger partial charge >= 0.3 is 6.09 Å². The molecule has 68 valence electrons. The quantitative estimate of drug-likeness (QED) is 0.286. The van der Waals surface area contributed by atoms with Crippen molar-refractivity contribution < 1.29 is 9.53 Å². The van der Waals surface area contributed by atoms with E-state index in [9.17, 15) is 4.79 Å². The number of amides is 1. The van der Waals surface area contributed by atoms with Gasteiger partial charge in [0.15, 0.2) is 0 Å². The fourth-order valence-electron chi connectivity index (χ4n) is 0.142. The molecule has 12 heavy (non-hydrogen) atoms. The first-order chi connectivity index (χ1) is 5.60. The molecule has 0 aliphatic rings. The lowest BCUT2D eigenvalue weighted by atomic mass is 10.9. The van der Waals surface area contributed by atoms with Crippen LogP contribution in [0.1, 0.15) is 6.92 Å². The lowest BCUT2D eigenvalue weighted by molar-refractivity contribution is 0.163. The monoisotopic (exact) mass is 177 g/mol. The Morgan fingerprint density at radius 3 is 1.58 bits per heavy atom. The highest BCUT2D eigenvalue weighted by molar-refractivity contribution is 5.64. The van der Waals surface area contributed by atoms with Crippen LogP contribution in [-0.2, 0) is 4.74 Å². The van der Waals surface area contributed by atoms with Gasteiger partial charge in [0.2, 0.25) is 9.82 Å². The van der Waals surface area contributed by atoms with Crippen LogP contribution in [0.15, 0.2) is 0 Å². The summed E-state index contributed by atoms with van der Waals surface area (Å²) in [7, 11) is 0. The summed E-state index contributed by atoms with van der Waals surface area (Å²) in [5, 5.41) is 0. The van der Waals surface area contributed by atoms with Crippen molar-refractivity contribution >= 4 is 6.09 Å². The molecule has 0 aromatic rings. The molecule has 0 bridgehead atoms. The van der Waals surface area contributed by atoms with Gasteiger partial charge in [-0.3, -0.25) is 0 Å². The molecular formula is C3H11N7O2+2. The largest absolute Gasteiger partial charge is 0.450 e. The van der Waals surface area contributed by atoms with Gasteiger partial charge in [0, 0.05) is 0 Å². The first-order valence-electron chi connectivity index (χ1n) is 2.59.